The van der Waals surface area contributed by atoms with E-state index in [4.69, 9.17) is 0 Å². The predicted molar refractivity (Wildman–Crippen MR) is 103 cm³/mol. The molecule has 0 bridgehead atoms. The van der Waals surface area contributed by atoms with E-state index in [1.165, 1.54) is 11.3 Å². The zero-order valence-electron chi connectivity index (χ0n) is 12.2. The number of aromatic nitrogens is 2. The van der Waals surface area contributed by atoms with E-state index in [1.807, 2.05) is 41.8 Å². The van der Waals surface area contributed by atoms with E-state index in [9.17, 15) is 4.79 Å². The van der Waals surface area contributed by atoms with Gasteiger partial charge in [-0.05, 0) is 30.3 Å². The van der Waals surface area contributed by atoms with Gasteiger partial charge in [0.1, 0.15) is 10.7 Å². The minimum Gasteiger partial charge on any atom is -0.298 e. The maximum absolute atomic E-state index is 12.3. The highest BCUT2D eigenvalue weighted by molar-refractivity contribution is 9.10. The van der Waals surface area contributed by atoms with Gasteiger partial charge < -0.3 is 0 Å². The van der Waals surface area contributed by atoms with E-state index in [2.05, 4.69) is 31.2 Å². The Morgan fingerprint density at radius 1 is 1.08 bits per heavy atom. The Labute approximate surface area is 154 Å². The first-order chi connectivity index (χ1) is 11.7. The molecule has 0 saturated carbocycles. The number of hydrogen-bond donors (Lipinski definition) is 1. The van der Waals surface area contributed by atoms with Gasteiger partial charge in [-0.25, -0.2) is 9.97 Å². The Morgan fingerprint density at radius 2 is 1.96 bits per heavy atom. The van der Waals surface area contributed by atoms with Crippen LogP contribution in [-0.4, -0.2) is 15.9 Å². The summed E-state index contributed by atoms with van der Waals surface area (Å²) in [7, 11) is 0. The summed E-state index contributed by atoms with van der Waals surface area (Å²) in [5, 5.41) is 6.17. The molecule has 24 heavy (non-hydrogen) atoms. The Hall–Kier alpha value is -2.09. The van der Waals surface area contributed by atoms with Crippen molar-refractivity contribution in [1.82, 2.24) is 9.97 Å². The third-order valence-electron chi connectivity index (χ3n) is 3.32. The van der Waals surface area contributed by atoms with Crippen molar-refractivity contribution >= 4 is 59.9 Å². The van der Waals surface area contributed by atoms with Crippen LogP contribution in [0.2, 0.25) is 0 Å². The third kappa shape index (κ3) is 3.10. The summed E-state index contributed by atoms with van der Waals surface area (Å²) in [5.74, 6) is -0.179. The molecule has 118 valence electrons. The number of hydrogen-bond acceptors (Lipinski definition) is 5. The molecule has 4 aromatic rings. The van der Waals surface area contributed by atoms with Gasteiger partial charge in [0.25, 0.3) is 5.91 Å². The number of halogens is 1. The molecule has 0 spiro atoms. The lowest BCUT2D eigenvalue weighted by molar-refractivity contribution is 0.102. The summed E-state index contributed by atoms with van der Waals surface area (Å²) >= 11 is 6.36. The van der Waals surface area contributed by atoms with Crippen LogP contribution in [0.5, 0.6) is 0 Å². The SMILES string of the molecule is O=C(Nc1nc(-c2nc3ccccc3s2)cs1)c1cccc(Br)c1. The standard InChI is InChI=1S/C17H10BrN3OS2/c18-11-5-3-4-10(8-11)15(22)21-17-20-13(9-23-17)16-19-12-6-1-2-7-14(12)24-16/h1-9H,(H,20,21,22). The smallest absolute Gasteiger partial charge is 0.257 e. The summed E-state index contributed by atoms with van der Waals surface area (Å²) < 4.78 is 1.99. The topological polar surface area (TPSA) is 54.9 Å². The molecule has 0 saturated heterocycles. The first-order valence-electron chi connectivity index (χ1n) is 7.07. The van der Waals surface area contributed by atoms with Crippen LogP contribution in [-0.2, 0) is 0 Å². The number of fused-ring (bicyclic) bond motifs is 1. The van der Waals surface area contributed by atoms with Gasteiger partial charge in [0, 0.05) is 15.4 Å². The van der Waals surface area contributed by atoms with Crippen molar-refractivity contribution in [3.8, 4) is 10.7 Å². The normalized spacial score (nSPS) is 10.9. The Bertz CT molecular complexity index is 1010. The molecular formula is C17H10BrN3OS2. The van der Waals surface area contributed by atoms with Crippen LogP contribution in [0.25, 0.3) is 20.9 Å². The number of carbonyl (C=O) groups is 1. The van der Waals surface area contributed by atoms with Crippen LogP contribution in [0, 0.1) is 0 Å². The molecule has 0 unspecified atom stereocenters. The fourth-order valence-electron chi connectivity index (χ4n) is 2.21. The number of carbonyl (C=O) groups excluding carboxylic acids is 1. The molecule has 1 amide bonds. The minimum absolute atomic E-state index is 0.179. The van der Waals surface area contributed by atoms with Crippen molar-refractivity contribution in [2.75, 3.05) is 5.32 Å². The van der Waals surface area contributed by atoms with Gasteiger partial charge in [-0.2, -0.15) is 0 Å². The van der Waals surface area contributed by atoms with Gasteiger partial charge in [-0.15, -0.1) is 22.7 Å². The number of para-hydroxylation sites is 1. The molecule has 0 atom stereocenters. The number of rotatable bonds is 3. The number of benzene rings is 2. The van der Waals surface area contributed by atoms with Gasteiger partial charge in [0.2, 0.25) is 0 Å². The summed E-state index contributed by atoms with van der Waals surface area (Å²) in [6.07, 6.45) is 0. The lowest BCUT2D eigenvalue weighted by Crippen LogP contribution is -2.11. The number of amides is 1. The van der Waals surface area contributed by atoms with Crippen molar-refractivity contribution in [3.63, 3.8) is 0 Å². The molecule has 4 rings (SSSR count). The molecule has 2 aromatic carbocycles. The van der Waals surface area contributed by atoms with E-state index >= 15 is 0 Å². The summed E-state index contributed by atoms with van der Waals surface area (Å²) in [6.45, 7) is 0. The van der Waals surface area contributed by atoms with Crippen LogP contribution in [0.4, 0.5) is 5.13 Å². The van der Waals surface area contributed by atoms with Gasteiger partial charge in [-0.1, -0.05) is 34.1 Å². The average Bonchev–Trinajstić information content (AvgIpc) is 3.21. The van der Waals surface area contributed by atoms with Gasteiger partial charge in [0.05, 0.1) is 10.2 Å². The molecule has 0 fully saturated rings. The zero-order chi connectivity index (χ0) is 16.5. The van der Waals surface area contributed by atoms with E-state index in [1.54, 1.807) is 23.5 Å². The van der Waals surface area contributed by atoms with Crippen molar-refractivity contribution < 1.29 is 4.79 Å². The quantitative estimate of drug-likeness (QED) is 0.484. The van der Waals surface area contributed by atoms with Crippen molar-refractivity contribution in [2.24, 2.45) is 0 Å². The Kier molecular flexibility index (Phi) is 4.13. The van der Waals surface area contributed by atoms with Gasteiger partial charge in [0.15, 0.2) is 5.13 Å². The minimum atomic E-state index is -0.179. The second-order valence-corrected chi connectivity index (χ2v) is 7.79. The van der Waals surface area contributed by atoms with Crippen LogP contribution >= 0.6 is 38.6 Å². The highest BCUT2D eigenvalue weighted by Crippen LogP contribution is 2.32. The number of anilines is 1. The summed E-state index contributed by atoms with van der Waals surface area (Å²) in [6, 6.07) is 15.2. The number of nitrogens with zero attached hydrogens (tertiary/aromatic N) is 2. The molecule has 2 aromatic heterocycles. The lowest BCUT2D eigenvalue weighted by Gasteiger charge is -2.01. The van der Waals surface area contributed by atoms with E-state index in [-0.39, 0.29) is 5.91 Å². The van der Waals surface area contributed by atoms with Crippen molar-refractivity contribution in [1.29, 1.82) is 0 Å². The highest BCUT2D eigenvalue weighted by Gasteiger charge is 2.12. The number of thiazole rings is 2. The Morgan fingerprint density at radius 3 is 2.79 bits per heavy atom. The average molecular weight is 416 g/mol. The number of nitrogens with one attached hydrogen (secondary N) is 1. The van der Waals surface area contributed by atoms with E-state index in [0.717, 1.165) is 25.4 Å². The largest absolute Gasteiger partial charge is 0.298 e. The first-order valence-corrected chi connectivity index (χ1v) is 9.56. The molecule has 7 heteroatoms. The third-order valence-corrected chi connectivity index (χ3v) is 5.63. The fourth-order valence-corrected chi connectivity index (χ4v) is 4.30. The molecule has 4 nitrogen and oxygen atoms in total. The predicted octanol–water partition coefficient (Wildman–Crippen LogP) is 5.43. The Balaban J connectivity index is 1.57. The molecule has 1 N–H and O–H groups in total. The molecular weight excluding hydrogens is 406 g/mol. The second kappa shape index (κ2) is 6.43. The van der Waals surface area contributed by atoms with E-state index < -0.39 is 0 Å². The first kappa shape index (κ1) is 15.4. The summed E-state index contributed by atoms with van der Waals surface area (Å²) in [5.41, 5.74) is 2.33. The second-order valence-electron chi connectivity index (χ2n) is 4.99. The van der Waals surface area contributed by atoms with Crippen LogP contribution < -0.4 is 5.32 Å². The van der Waals surface area contributed by atoms with Crippen molar-refractivity contribution in [2.45, 2.75) is 0 Å². The lowest BCUT2D eigenvalue weighted by atomic mass is 10.2. The molecule has 2 heterocycles. The monoisotopic (exact) mass is 415 g/mol. The zero-order valence-corrected chi connectivity index (χ0v) is 15.4. The van der Waals surface area contributed by atoms with E-state index in [0.29, 0.717) is 10.7 Å². The molecule has 0 aliphatic rings. The molecule has 0 aliphatic carbocycles. The van der Waals surface area contributed by atoms with Crippen molar-refractivity contribution in [3.05, 3.63) is 63.9 Å². The maximum Gasteiger partial charge on any atom is 0.257 e. The maximum atomic E-state index is 12.3. The summed E-state index contributed by atoms with van der Waals surface area (Å²) in [4.78, 5) is 21.4. The highest BCUT2D eigenvalue weighted by atomic mass is 79.9. The van der Waals surface area contributed by atoms with Crippen LogP contribution in [0.1, 0.15) is 10.4 Å². The molecule has 0 aliphatic heterocycles. The van der Waals surface area contributed by atoms with Crippen LogP contribution in [0.3, 0.4) is 0 Å². The molecule has 0 radical (unpaired) electrons. The fraction of sp³-hybridized carbons (Fsp3) is 0. The van der Waals surface area contributed by atoms with Crippen LogP contribution in [0.15, 0.2) is 58.4 Å². The van der Waals surface area contributed by atoms with Gasteiger partial charge >= 0.3 is 0 Å². The van der Waals surface area contributed by atoms with Gasteiger partial charge in [-0.3, -0.25) is 10.1 Å².